The van der Waals surface area contributed by atoms with Crippen LogP contribution in [-0.4, -0.2) is 58.8 Å². The van der Waals surface area contributed by atoms with E-state index in [9.17, 15) is 9.59 Å². The summed E-state index contributed by atoms with van der Waals surface area (Å²) in [6, 6.07) is 9.32. The first-order valence-electron chi connectivity index (χ1n) is 14.5. The molecule has 204 valence electrons. The maximum Gasteiger partial charge on any atom is 0.271 e. The number of anilines is 3. The molecule has 2 saturated heterocycles. The van der Waals surface area contributed by atoms with Crippen LogP contribution in [0.3, 0.4) is 0 Å². The van der Waals surface area contributed by atoms with Crippen molar-refractivity contribution in [3.63, 3.8) is 0 Å². The Balaban J connectivity index is 1.24. The van der Waals surface area contributed by atoms with E-state index in [1.807, 2.05) is 6.92 Å². The van der Waals surface area contributed by atoms with E-state index in [-0.39, 0.29) is 5.69 Å². The van der Waals surface area contributed by atoms with Gasteiger partial charge in [-0.05, 0) is 81.1 Å². The fourth-order valence-corrected chi connectivity index (χ4v) is 6.55. The van der Waals surface area contributed by atoms with Gasteiger partial charge in [-0.25, -0.2) is 9.97 Å². The van der Waals surface area contributed by atoms with Gasteiger partial charge in [-0.3, -0.25) is 9.59 Å². The molecule has 2 aromatic rings. The molecule has 0 unspecified atom stereocenters. The van der Waals surface area contributed by atoms with Gasteiger partial charge in [0, 0.05) is 37.7 Å². The summed E-state index contributed by atoms with van der Waals surface area (Å²) in [5.74, 6) is 1.69. The van der Waals surface area contributed by atoms with Gasteiger partial charge in [0.2, 0.25) is 0 Å². The Kier molecular flexibility index (Phi) is 8.57. The predicted octanol–water partition coefficient (Wildman–Crippen LogP) is 5.03. The second-order valence-electron chi connectivity index (χ2n) is 11.3. The number of nitrogens with one attached hydrogen (secondary N) is 1. The number of rotatable bonds is 9. The molecule has 1 aromatic heterocycles. The first-order valence-corrected chi connectivity index (χ1v) is 14.5. The first-order chi connectivity index (χ1) is 18.5. The van der Waals surface area contributed by atoms with Crippen molar-refractivity contribution in [3.05, 3.63) is 41.7 Å². The number of likely N-dealkylation sites (tertiary alicyclic amines) is 1. The molecule has 2 aliphatic heterocycles. The normalized spacial score (nSPS) is 21.5. The molecule has 1 saturated carbocycles. The van der Waals surface area contributed by atoms with Crippen LogP contribution in [0, 0.1) is 5.92 Å². The molecule has 1 atom stereocenters. The van der Waals surface area contributed by atoms with Crippen molar-refractivity contribution in [3.8, 4) is 0 Å². The number of hydrogen-bond acceptors (Lipinski definition) is 7. The Labute approximate surface area is 226 Å². The van der Waals surface area contributed by atoms with Crippen molar-refractivity contribution >= 4 is 29.0 Å². The summed E-state index contributed by atoms with van der Waals surface area (Å²) in [6.45, 7) is 5.94. The van der Waals surface area contributed by atoms with E-state index >= 15 is 0 Å². The molecular weight excluding hydrogens is 476 g/mol. The second-order valence-corrected chi connectivity index (χ2v) is 11.3. The molecule has 3 aliphatic rings. The van der Waals surface area contributed by atoms with Crippen LogP contribution < -0.4 is 16.0 Å². The topological polar surface area (TPSA) is 104 Å². The zero-order chi connectivity index (χ0) is 26.5. The highest BCUT2D eigenvalue weighted by Crippen LogP contribution is 2.33. The van der Waals surface area contributed by atoms with Crippen molar-refractivity contribution in [2.45, 2.75) is 83.1 Å². The number of aromatic nitrogens is 2. The molecule has 38 heavy (non-hydrogen) atoms. The third-order valence-electron chi connectivity index (χ3n) is 8.76. The molecule has 1 amide bonds. The molecule has 0 bridgehead atoms. The maximum absolute atomic E-state index is 12.1. The maximum atomic E-state index is 12.1. The smallest absolute Gasteiger partial charge is 0.271 e. The van der Waals surface area contributed by atoms with E-state index in [4.69, 9.17) is 10.7 Å². The van der Waals surface area contributed by atoms with E-state index < -0.39 is 5.91 Å². The average Bonchev–Trinajstić information content (AvgIpc) is 3.49. The average molecular weight is 519 g/mol. The number of piperidine rings is 2. The van der Waals surface area contributed by atoms with Crippen LogP contribution in [0.1, 0.15) is 93.1 Å². The Morgan fingerprint density at radius 3 is 2.42 bits per heavy atom. The van der Waals surface area contributed by atoms with Crippen molar-refractivity contribution in [2.75, 3.05) is 36.4 Å². The molecule has 3 fully saturated rings. The van der Waals surface area contributed by atoms with Gasteiger partial charge in [-0.2, -0.15) is 0 Å². The number of primary amides is 1. The molecule has 0 spiro atoms. The minimum atomic E-state index is -0.609. The van der Waals surface area contributed by atoms with Crippen LogP contribution in [-0.2, 0) is 4.79 Å². The lowest BCUT2D eigenvalue weighted by atomic mass is 9.88. The summed E-state index contributed by atoms with van der Waals surface area (Å²) in [7, 11) is 0. The quantitative estimate of drug-likeness (QED) is 0.480. The summed E-state index contributed by atoms with van der Waals surface area (Å²) in [6.07, 6.45) is 12.8. The zero-order valence-corrected chi connectivity index (χ0v) is 22.7. The van der Waals surface area contributed by atoms with Crippen LogP contribution in [0.5, 0.6) is 0 Å². The van der Waals surface area contributed by atoms with Crippen LogP contribution in [0.2, 0.25) is 0 Å². The van der Waals surface area contributed by atoms with Gasteiger partial charge < -0.3 is 20.9 Å². The van der Waals surface area contributed by atoms with E-state index in [1.165, 1.54) is 57.2 Å². The lowest BCUT2D eigenvalue weighted by molar-refractivity contribution is -0.119. The minimum Gasteiger partial charge on any atom is -0.364 e. The summed E-state index contributed by atoms with van der Waals surface area (Å²) in [5.41, 5.74) is 7.99. The standard InChI is InChI=1S/C30H42N6O2/c1-2-26(37)18-21-6-5-15-36(20-21)27-19-32-28(29(31)38)30(34-27)33-24-11-9-22(10-12-24)23-13-16-35(17-14-23)25-7-3-4-8-25/h9-12,19,21,23,25H,2-8,13-18,20H2,1H3,(H2,31,38)(H,33,34)/t21-/m0/s1. The van der Waals surface area contributed by atoms with E-state index in [1.54, 1.807) is 6.20 Å². The van der Waals surface area contributed by atoms with E-state index in [0.717, 1.165) is 37.7 Å². The third kappa shape index (κ3) is 6.34. The molecule has 1 aromatic carbocycles. The SMILES string of the molecule is CCC(=O)C[C@@H]1CCCN(c2cnc(C(N)=O)c(Nc3ccc(C4CCN(C5CCCC5)CC4)cc3)n2)C1. The Morgan fingerprint density at radius 1 is 1.00 bits per heavy atom. The van der Waals surface area contributed by atoms with Gasteiger partial charge in [-0.1, -0.05) is 31.9 Å². The van der Waals surface area contributed by atoms with Crippen LogP contribution in [0.4, 0.5) is 17.3 Å². The molecular formula is C30H42N6O2. The fraction of sp³-hybridized carbons (Fsp3) is 0.600. The van der Waals surface area contributed by atoms with Crippen molar-refractivity contribution < 1.29 is 9.59 Å². The summed E-state index contributed by atoms with van der Waals surface area (Å²) < 4.78 is 0. The number of hydrogen-bond donors (Lipinski definition) is 2. The lowest BCUT2D eigenvalue weighted by Gasteiger charge is -2.36. The van der Waals surface area contributed by atoms with Crippen molar-refractivity contribution in [1.82, 2.24) is 14.9 Å². The highest BCUT2D eigenvalue weighted by atomic mass is 16.1. The number of carbonyl (C=O) groups excluding carboxylic acids is 2. The van der Waals surface area contributed by atoms with Crippen LogP contribution in [0.15, 0.2) is 30.5 Å². The summed E-state index contributed by atoms with van der Waals surface area (Å²) in [4.78, 5) is 38.1. The second kappa shape index (κ2) is 12.2. The van der Waals surface area contributed by atoms with E-state index in [0.29, 0.717) is 42.1 Å². The van der Waals surface area contributed by atoms with E-state index in [2.05, 4.69) is 44.4 Å². The number of nitrogens with two attached hydrogens (primary N) is 1. The molecule has 5 rings (SSSR count). The van der Waals surface area contributed by atoms with Crippen LogP contribution in [0.25, 0.3) is 0 Å². The predicted molar refractivity (Wildman–Crippen MR) is 151 cm³/mol. The van der Waals surface area contributed by atoms with Gasteiger partial charge in [-0.15, -0.1) is 0 Å². The highest BCUT2D eigenvalue weighted by Gasteiger charge is 2.28. The minimum absolute atomic E-state index is 0.131. The Morgan fingerprint density at radius 2 is 1.74 bits per heavy atom. The first kappa shape index (κ1) is 26.6. The fourth-order valence-electron chi connectivity index (χ4n) is 6.55. The number of ketones is 1. The number of nitrogens with zero attached hydrogens (tertiary/aromatic N) is 4. The van der Waals surface area contributed by atoms with Gasteiger partial charge in [0.1, 0.15) is 11.6 Å². The van der Waals surface area contributed by atoms with Gasteiger partial charge in [0.15, 0.2) is 11.5 Å². The summed E-state index contributed by atoms with van der Waals surface area (Å²) >= 11 is 0. The monoisotopic (exact) mass is 518 g/mol. The lowest BCUT2D eigenvalue weighted by Crippen LogP contribution is -2.39. The molecule has 0 radical (unpaired) electrons. The van der Waals surface area contributed by atoms with Gasteiger partial charge in [0.05, 0.1) is 6.20 Å². The largest absolute Gasteiger partial charge is 0.364 e. The van der Waals surface area contributed by atoms with Gasteiger partial charge in [0.25, 0.3) is 5.91 Å². The molecule has 8 heteroatoms. The molecule has 3 N–H and O–H groups in total. The molecule has 3 heterocycles. The number of benzene rings is 1. The Bertz CT molecular complexity index is 1110. The molecule has 8 nitrogen and oxygen atoms in total. The van der Waals surface area contributed by atoms with Crippen molar-refractivity contribution in [2.24, 2.45) is 11.7 Å². The summed E-state index contributed by atoms with van der Waals surface area (Å²) in [5, 5.41) is 3.30. The third-order valence-corrected chi connectivity index (χ3v) is 8.76. The van der Waals surface area contributed by atoms with Crippen molar-refractivity contribution in [1.29, 1.82) is 0 Å². The van der Waals surface area contributed by atoms with Gasteiger partial charge >= 0.3 is 0 Å². The molecule has 1 aliphatic carbocycles. The number of carbonyl (C=O) groups is 2. The number of amides is 1. The number of Topliss-reactive ketones (excluding diaryl/α,β-unsaturated/α-hetero) is 1. The highest BCUT2D eigenvalue weighted by molar-refractivity contribution is 5.96. The van der Waals surface area contributed by atoms with Crippen LogP contribution >= 0.6 is 0 Å². The zero-order valence-electron chi connectivity index (χ0n) is 22.7. The Hall–Kier alpha value is -3.00.